The Morgan fingerprint density at radius 3 is 2.62 bits per heavy atom. The van der Waals surface area contributed by atoms with Crippen LogP contribution >= 0.6 is 0 Å². The highest BCUT2D eigenvalue weighted by molar-refractivity contribution is 5.62. The molecular formula is C17H18N2O2. The first kappa shape index (κ1) is 14.9. The molecule has 0 aliphatic heterocycles. The van der Waals surface area contributed by atoms with Crippen molar-refractivity contribution in [1.82, 2.24) is 4.57 Å². The van der Waals surface area contributed by atoms with E-state index in [4.69, 9.17) is 10.00 Å². The summed E-state index contributed by atoms with van der Waals surface area (Å²) in [6.45, 7) is 4.47. The molecule has 4 heteroatoms. The van der Waals surface area contributed by atoms with Gasteiger partial charge in [0, 0.05) is 12.1 Å². The Morgan fingerprint density at radius 2 is 2.05 bits per heavy atom. The van der Waals surface area contributed by atoms with Crippen LogP contribution in [0.15, 0.2) is 35.1 Å². The highest BCUT2D eigenvalue weighted by Gasteiger charge is 2.10. The zero-order valence-electron chi connectivity index (χ0n) is 12.5. The fourth-order valence-corrected chi connectivity index (χ4v) is 2.45. The summed E-state index contributed by atoms with van der Waals surface area (Å²) in [7, 11) is 1.64. The average Bonchev–Trinajstić information content (AvgIpc) is 2.49. The minimum atomic E-state index is -0.0926. The smallest absolute Gasteiger partial charge is 0.255 e. The summed E-state index contributed by atoms with van der Waals surface area (Å²) in [4.78, 5) is 12.4. The lowest BCUT2D eigenvalue weighted by Gasteiger charge is -2.14. The molecule has 0 amide bonds. The number of aromatic nitrogens is 1. The quantitative estimate of drug-likeness (QED) is 0.866. The molecule has 0 bridgehead atoms. The third-order valence-corrected chi connectivity index (χ3v) is 3.53. The van der Waals surface area contributed by atoms with Gasteiger partial charge in [-0.1, -0.05) is 6.07 Å². The van der Waals surface area contributed by atoms with Crippen LogP contribution in [0.1, 0.15) is 18.1 Å². The molecule has 0 unspecified atom stereocenters. The molecule has 108 valence electrons. The number of hydrogen-bond acceptors (Lipinski definition) is 3. The summed E-state index contributed by atoms with van der Waals surface area (Å²) < 4.78 is 6.96. The minimum Gasteiger partial charge on any atom is -0.496 e. The SMILES string of the molecule is CCn1c(-c2ccc(OC)c(C)c2)ccc(CC#N)c1=O. The van der Waals surface area contributed by atoms with Gasteiger partial charge in [-0.05, 0) is 49.2 Å². The predicted molar refractivity (Wildman–Crippen MR) is 82.4 cm³/mol. The Hall–Kier alpha value is -2.54. The Bertz CT molecular complexity index is 754. The van der Waals surface area contributed by atoms with Gasteiger partial charge in [0.25, 0.3) is 5.56 Å². The van der Waals surface area contributed by atoms with Crippen LogP contribution in [0.2, 0.25) is 0 Å². The molecule has 2 aromatic rings. The number of rotatable bonds is 4. The number of aryl methyl sites for hydroxylation is 1. The van der Waals surface area contributed by atoms with Gasteiger partial charge in [-0.25, -0.2) is 0 Å². The average molecular weight is 282 g/mol. The van der Waals surface area contributed by atoms with Gasteiger partial charge >= 0.3 is 0 Å². The lowest BCUT2D eigenvalue weighted by molar-refractivity contribution is 0.412. The second-order valence-corrected chi connectivity index (χ2v) is 4.81. The van der Waals surface area contributed by atoms with Crippen LogP contribution in [0.25, 0.3) is 11.3 Å². The van der Waals surface area contributed by atoms with Gasteiger partial charge in [0.2, 0.25) is 0 Å². The molecule has 0 atom stereocenters. The Kier molecular flexibility index (Phi) is 4.44. The van der Waals surface area contributed by atoms with Gasteiger partial charge in [-0.2, -0.15) is 5.26 Å². The topological polar surface area (TPSA) is 55.0 Å². The second-order valence-electron chi connectivity index (χ2n) is 4.81. The summed E-state index contributed by atoms with van der Waals surface area (Å²) >= 11 is 0. The Labute approximate surface area is 124 Å². The Balaban J connectivity index is 2.59. The van der Waals surface area contributed by atoms with E-state index in [1.54, 1.807) is 17.7 Å². The molecular weight excluding hydrogens is 264 g/mol. The van der Waals surface area contributed by atoms with Gasteiger partial charge in [-0.15, -0.1) is 0 Å². The standard InChI is InChI=1S/C17H18N2O2/c1-4-19-15(7-5-13(9-10-18)17(19)20)14-6-8-16(21-3)12(2)11-14/h5-8,11H,4,9H2,1-3H3. The molecule has 1 heterocycles. The number of ether oxygens (including phenoxy) is 1. The zero-order valence-corrected chi connectivity index (χ0v) is 12.5. The van der Waals surface area contributed by atoms with Crippen molar-refractivity contribution < 1.29 is 4.74 Å². The lowest BCUT2D eigenvalue weighted by Crippen LogP contribution is -2.24. The van der Waals surface area contributed by atoms with E-state index >= 15 is 0 Å². The molecule has 0 spiro atoms. The lowest BCUT2D eigenvalue weighted by atomic mass is 10.1. The summed E-state index contributed by atoms with van der Waals surface area (Å²) in [6, 6.07) is 11.5. The van der Waals surface area contributed by atoms with Crippen molar-refractivity contribution in [2.75, 3.05) is 7.11 Å². The maximum Gasteiger partial charge on any atom is 0.255 e. The maximum absolute atomic E-state index is 12.4. The van der Waals surface area contributed by atoms with Crippen molar-refractivity contribution in [3.8, 4) is 23.1 Å². The van der Waals surface area contributed by atoms with Gasteiger partial charge in [-0.3, -0.25) is 4.79 Å². The zero-order chi connectivity index (χ0) is 15.4. The number of methoxy groups -OCH3 is 1. The highest BCUT2D eigenvalue weighted by Crippen LogP contribution is 2.25. The maximum atomic E-state index is 12.4. The molecule has 0 saturated carbocycles. The van der Waals surface area contributed by atoms with Crippen LogP contribution < -0.4 is 10.3 Å². The first-order chi connectivity index (χ1) is 10.1. The van der Waals surface area contributed by atoms with Crippen molar-refractivity contribution in [3.05, 3.63) is 51.8 Å². The molecule has 1 aromatic carbocycles. The highest BCUT2D eigenvalue weighted by atomic mass is 16.5. The van der Waals surface area contributed by atoms with Crippen LogP contribution in [0.3, 0.4) is 0 Å². The fourth-order valence-electron chi connectivity index (χ4n) is 2.45. The molecule has 2 rings (SSSR count). The summed E-state index contributed by atoms with van der Waals surface area (Å²) in [5, 5.41) is 8.78. The molecule has 0 aliphatic rings. The number of benzene rings is 1. The van der Waals surface area contributed by atoms with Crippen molar-refractivity contribution in [2.24, 2.45) is 0 Å². The number of nitrogens with zero attached hydrogens (tertiary/aromatic N) is 2. The number of hydrogen-bond donors (Lipinski definition) is 0. The van der Waals surface area contributed by atoms with Crippen molar-refractivity contribution in [3.63, 3.8) is 0 Å². The molecule has 0 N–H and O–H groups in total. The molecule has 21 heavy (non-hydrogen) atoms. The molecule has 0 saturated heterocycles. The van der Waals surface area contributed by atoms with Crippen LogP contribution in [0.4, 0.5) is 0 Å². The molecule has 0 radical (unpaired) electrons. The summed E-state index contributed by atoms with van der Waals surface area (Å²) in [5.74, 6) is 0.824. The van der Waals surface area contributed by atoms with E-state index in [0.717, 1.165) is 22.6 Å². The monoisotopic (exact) mass is 282 g/mol. The van der Waals surface area contributed by atoms with E-state index in [9.17, 15) is 4.79 Å². The predicted octanol–water partition coefficient (Wildman–Crippen LogP) is 2.92. The summed E-state index contributed by atoms with van der Waals surface area (Å²) in [5.41, 5.74) is 3.29. The van der Waals surface area contributed by atoms with Gasteiger partial charge in [0.1, 0.15) is 5.75 Å². The van der Waals surface area contributed by atoms with Crippen LogP contribution in [-0.2, 0) is 13.0 Å². The summed E-state index contributed by atoms with van der Waals surface area (Å²) in [6.07, 6.45) is 0.140. The second kappa shape index (κ2) is 6.27. The fraction of sp³-hybridized carbons (Fsp3) is 0.294. The molecule has 1 aromatic heterocycles. The van der Waals surface area contributed by atoms with E-state index in [1.807, 2.05) is 44.2 Å². The van der Waals surface area contributed by atoms with Crippen LogP contribution in [0, 0.1) is 18.3 Å². The van der Waals surface area contributed by atoms with Crippen LogP contribution in [0.5, 0.6) is 5.75 Å². The number of nitriles is 1. The number of pyridine rings is 1. The molecule has 0 aliphatic carbocycles. The normalized spacial score (nSPS) is 10.2. The van der Waals surface area contributed by atoms with E-state index < -0.39 is 0 Å². The van der Waals surface area contributed by atoms with Gasteiger partial charge in [0.05, 0.1) is 25.3 Å². The first-order valence-electron chi connectivity index (χ1n) is 6.87. The molecule has 0 fully saturated rings. The van der Waals surface area contributed by atoms with Crippen molar-refractivity contribution >= 4 is 0 Å². The first-order valence-corrected chi connectivity index (χ1v) is 6.87. The van der Waals surface area contributed by atoms with E-state index in [0.29, 0.717) is 12.1 Å². The van der Waals surface area contributed by atoms with E-state index in [1.165, 1.54) is 0 Å². The third-order valence-electron chi connectivity index (χ3n) is 3.53. The third kappa shape index (κ3) is 2.82. The van der Waals surface area contributed by atoms with Gasteiger partial charge < -0.3 is 9.30 Å². The van der Waals surface area contributed by atoms with Crippen LogP contribution in [-0.4, -0.2) is 11.7 Å². The van der Waals surface area contributed by atoms with Crippen molar-refractivity contribution in [1.29, 1.82) is 5.26 Å². The minimum absolute atomic E-state index is 0.0926. The van der Waals surface area contributed by atoms with Gasteiger partial charge in [0.15, 0.2) is 0 Å². The van der Waals surface area contributed by atoms with Crippen molar-refractivity contribution in [2.45, 2.75) is 26.8 Å². The van der Waals surface area contributed by atoms with E-state index in [-0.39, 0.29) is 12.0 Å². The van der Waals surface area contributed by atoms with E-state index in [2.05, 4.69) is 0 Å². The Morgan fingerprint density at radius 1 is 1.29 bits per heavy atom. The molecule has 4 nitrogen and oxygen atoms in total. The largest absolute Gasteiger partial charge is 0.496 e.